The second-order valence-electron chi connectivity index (χ2n) is 6.72. The summed E-state index contributed by atoms with van der Waals surface area (Å²) in [5, 5.41) is 0. The van der Waals surface area contributed by atoms with Crippen molar-refractivity contribution in [3.8, 4) is 5.75 Å². The number of methoxy groups -OCH3 is 1. The van der Waals surface area contributed by atoms with Gasteiger partial charge in [-0.05, 0) is 69.3 Å². The topological polar surface area (TPSA) is 38.5 Å². The van der Waals surface area contributed by atoms with E-state index in [1.54, 1.807) is 7.11 Å². The Balaban J connectivity index is 1.94. The largest absolute Gasteiger partial charge is 0.497 e. The number of aryl methyl sites for hydroxylation is 1. The number of likely N-dealkylation sites (tertiary alicyclic amines) is 1. The molecule has 1 aromatic rings. The standard InChI is InChI=1S/C18H30N2O/c1-15-9-12-20(13-10-15)18(2,14-19)11-8-16-4-6-17(21-3)7-5-16/h4-7,15H,8-14,19H2,1-3H3. The molecule has 0 aliphatic carbocycles. The van der Waals surface area contributed by atoms with Gasteiger partial charge in [-0.1, -0.05) is 19.1 Å². The summed E-state index contributed by atoms with van der Waals surface area (Å²) in [5.41, 5.74) is 7.61. The average Bonchev–Trinajstić information content (AvgIpc) is 2.53. The molecular weight excluding hydrogens is 260 g/mol. The van der Waals surface area contributed by atoms with Gasteiger partial charge in [0.05, 0.1) is 7.11 Å². The Morgan fingerprint density at radius 3 is 2.38 bits per heavy atom. The van der Waals surface area contributed by atoms with E-state index in [0.717, 1.165) is 31.1 Å². The van der Waals surface area contributed by atoms with E-state index in [9.17, 15) is 0 Å². The molecule has 1 aliphatic rings. The minimum Gasteiger partial charge on any atom is -0.497 e. The lowest BCUT2D eigenvalue weighted by molar-refractivity contribution is 0.0644. The molecule has 1 atom stereocenters. The van der Waals surface area contributed by atoms with Gasteiger partial charge in [0, 0.05) is 12.1 Å². The highest BCUT2D eigenvalue weighted by molar-refractivity contribution is 5.27. The van der Waals surface area contributed by atoms with Crippen LogP contribution in [0.2, 0.25) is 0 Å². The highest BCUT2D eigenvalue weighted by atomic mass is 16.5. The van der Waals surface area contributed by atoms with Crippen molar-refractivity contribution in [1.29, 1.82) is 0 Å². The number of rotatable bonds is 6. The van der Waals surface area contributed by atoms with Crippen molar-refractivity contribution < 1.29 is 4.74 Å². The molecule has 0 radical (unpaired) electrons. The Morgan fingerprint density at radius 2 is 1.86 bits per heavy atom. The van der Waals surface area contributed by atoms with Crippen molar-refractivity contribution in [1.82, 2.24) is 4.90 Å². The van der Waals surface area contributed by atoms with Crippen LogP contribution in [0.25, 0.3) is 0 Å². The molecule has 1 aromatic carbocycles. The molecule has 2 N–H and O–H groups in total. The number of nitrogens with two attached hydrogens (primary N) is 1. The second-order valence-corrected chi connectivity index (χ2v) is 6.72. The number of piperidine rings is 1. The van der Waals surface area contributed by atoms with Crippen LogP contribution in [0.15, 0.2) is 24.3 Å². The van der Waals surface area contributed by atoms with Gasteiger partial charge in [-0.25, -0.2) is 0 Å². The van der Waals surface area contributed by atoms with Crippen LogP contribution in [0, 0.1) is 5.92 Å². The van der Waals surface area contributed by atoms with E-state index >= 15 is 0 Å². The first kappa shape index (κ1) is 16.3. The average molecular weight is 290 g/mol. The molecule has 118 valence electrons. The van der Waals surface area contributed by atoms with Crippen LogP contribution >= 0.6 is 0 Å². The quantitative estimate of drug-likeness (QED) is 0.875. The Bertz CT molecular complexity index is 423. The lowest BCUT2D eigenvalue weighted by Gasteiger charge is -2.44. The Kier molecular flexibility index (Phi) is 5.65. The summed E-state index contributed by atoms with van der Waals surface area (Å²) in [4.78, 5) is 2.61. The van der Waals surface area contributed by atoms with Gasteiger partial charge in [-0.15, -0.1) is 0 Å². The minimum absolute atomic E-state index is 0.125. The summed E-state index contributed by atoms with van der Waals surface area (Å²) in [5.74, 6) is 1.79. The zero-order chi connectivity index (χ0) is 15.3. The molecule has 1 fully saturated rings. The minimum atomic E-state index is 0.125. The van der Waals surface area contributed by atoms with Crippen LogP contribution in [0.3, 0.4) is 0 Å². The summed E-state index contributed by atoms with van der Waals surface area (Å²) in [6.45, 7) is 7.80. The highest BCUT2D eigenvalue weighted by Crippen LogP contribution is 2.27. The van der Waals surface area contributed by atoms with E-state index in [1.807, 2.05) is 12.1 Å². The molecule has 1 heterocycles. The molecule has 1 aliphatic heterocycles. The number of hydrogen-bond acceptors (Lipinski definition) is 3. The number of hydrogen-bond donors (Lipinski definition) is 1. The van der Waals surface area contributed by atoms with Gasteiger partial charge in [0.2, 0.25) is 0 Å². The lowest BCUT2D eigenvalue weighted by atomic mass is 9.87. The Morgan fingerprint density at radius 1 is 1.24 bits per heavy atom. The van der Waals surface area contributed by atoms with Gasteiger partial charge in [0.15, 0.2) is 0 Å². The van der Waals surface area contributed by atoms with Crippen LogP contribution < -0.4 is 10.5 Å². The van der Waals surface area contributed by atoms with Gasteiger partial charge in [-0.3, -0.25) is 4.90 Å². The highest BCUT2D eigenvalue weighted by Gasteiger charge is 2.32. The third-order valence-electron chi connectivity index (χ3n) is 5.10. The van der Waals surface area contributed by atoms with E-state index in [4.69, 9.17) is 10.5 Å². The summed E-state index contributed by atoms with van der Waals surface area (Å²) in [6, 6.07) is 8.40. The summed E-state index contributed by atoms with van der Waals surface area (Å²) in [6.07, 6.45) is 4.80. The monoisotopic (exact) mass is 290 g/mol. The SMILES string of the molecule is COc1ccc(CCC(C)(CN)N2CCC(C)CC2)cc1. The van der Waals surface area contributed by atoms with Crippen LogP contribution in [-0.2, 0) is 6.42 Å². The first-order valence-corrected chi connectivity index (χ1v) is 8.15. The molecule has 21 heavy (non-hydrogen) atoms. The Hall–Kier alpha value is -1.06. The fraction of sp³-hybridized carbons (Fsp3) is 0.667. The third kappa shape index (κ3) is 4.21. The van der Waals surface area contributed by atoms with Crippen LogP contribution in [-0.4, -0.2) is 37.2 Å². The van der Waals surface area contributed by atoms with Crippen molar-refractivity contribution in [2.75, 3.05) is 26.7 Å². The maximum absolute atomic E-state index is 6.12. The van der Waals surface area contributed by atoms with E-state index in [2.05, 4.69) is 30.9 Å². The zero-order valence-electron chi connectivity index (χ0n) is 13.8. The normalized spacial score (nSPS) is 20.2. The smallest absolute Gasteiger partial charge is 0.118 e. The van der Waals surface area contributed by atoms with Gasteiger partial charge >= 0.3 is 0 Å². The molecule has 0 spiro atoms. The molecule has 2 rings (SSSR count). The number of nitrogens with zero attached hydrogens (tertiary/aromatic N) is 1. The second kappa shape index (κ2) is 7.28. The van der Waals surface area contributed by atoms with E-state index in [-0.39, 0.29) is 5.54 Å². The van der Waals surface area contributed by atoms with Crippen molar-refractivity contribution in [2.24, 2.45) is 11.7 Å². The Labute approximate surface area is 129 Å². The van der Waals surface area contributed by atoms with Crippen molar-refractivity contribution in [3.63, 3.8) is 0 Å². The molecule has 0 aromatic heterocycles. The van der Waals surface area contributed by atoms with Gasteiger partial charge in [0.1, 0.15) is 5.75 Å². The molecule has 0 bridgehead atoms. The lowest BCUT2D eigenvalue weighted by Crippen LogP contribution is -2.54. The predicted molar refractivity (Wildman–Crippen MR) is 88.7 cm³/mol. The van der Waals surface area contributed by atoms with Crippen LogP contribution in [0.4, 0.5) is 0 Å². The van der Waals surface area contributed by atoms with E-state index < -0.39 is 0 Å². The first-order valence-electron chi connectivity index (χ1n) is 8.15. The van der Waals surface area contributed by atoms with Crippen LogP contribution in [0.1, 0.15) is 38.7 Å². The summed E-state index contributed by atoms with van der Waals surface area (Å²) in [7, 11) is 1.71. The van der Waals surface area contributed by atoms with Crippen molar-refractivity contribution in [3.05, 3.63) is 29.8 Å². The maximum atomic E-state index is 6.12. The van der Waals surface area contributed by atoms with Crippen LogP contribution in [0.5, 0.6) is 5.75 Å². The fourth-order valence-corrected chi connectivity index (χ4v) is 3.14. The third-order valence-corrected chi connectivity index (χ3v) is 5.10. The molecule has 3 nitrogen and oxygen atoms in total. The summed E-state index contributed by atoms with van der Waals surface area (Å²) >= 11 is 0. The zero-order valence-corrected chi connectivity index (χ0v) is 13.8. The molecule has 0 amide bonds. The molecule has 3 heteroatoms. The molecule has 1 saturated heterocycles. The first-order chi connectivity index (χ1) is 10.1. The van der Waals surface area contributed by atoms with E-state index in [0.29, 0.717) is 0 Å². The predicted octanol–water partition coefficient (Wildman–Crippen LogP) is 3.08. The molecule has 1 unspecified atom stereocenters. The molecule has 0 saturated carbocycles. The van der Waals surface area contributed by atoms with Gasteiger partial charge < -0.3 is 10.5 Å². The van der Waals surface area contributed by atoms with E-state index in [1.165, 1.54) is 31.5 Å². The van der Waals surface area contributed by atoms with Crippen molar-refractivity contribution in [2.45, 2.75) is 45.1 Å². The molecular formula is C18H30N2O. The number of benzene rings is 1. The summed E-state index contributed by atoms with van der Waals surface area (Å²) < 4.78 is 5.21. The van der Waals surface area contributed by atoms with Gasteiger partial charge in [0.25, 0.3) is 0 Å². The fourth-order valence-electron chi connectivity index (χ4n) is 3.14. The number of ether oxygens (including phenoxy) is 1. The van der Waals surface area contributed by atoms with Crippen molar-refractivity contribution >= 4 is 0 Å². The maximum Gasteiger partial charge on any atom is 0.118 e. The van der Waals surface area contributed by atoms with Gasteiger partial charge in [-0.2, -0.15) is 0 Å².